The van der Waals surface area contributed by atoms with Crippen LogP contribution in [0.2, 0.25) is 0 Å². The maximum Gasteiger partial charge on any atom is 0.294 e. The molecule has 5 heteroatoms. The van der Waals surface area contributed by atoms with E-state index in [1.165, 1.54) is 0 Å². The van der Waals surface area contributed by atoms with Gasteiger partial charge in [0.2, 0.25) is 0 Å². The topological polar surface area (TPSA) is 34.1 Å². The summed E-state index contributed by atoms with van der Waals surface area (Å²) in [5.41, 5.74) is 0.995. The lowest BCUT2D eigenvalue weighted by Gasteiger charge is -2.34. The van der Waals surface area contributed by atoms with Crippen LogP contribution in [0.15, 0.2) is 35.1 Å². The summed E-state index contributed by atoms with van der Waals surface area (Å²) >= 11 is 0. The molecule has 1 rings (SSSR count). The van der Waals surface area contributed by atoms with Gasteiger partial charge in [0, 0.05) is 0 Å². The van der Waals surface area contributed by atoms with Crippen molar-refractivity contribution in [3.8, 4) is 0 Å². The molecule has 0 aliphatic carbocycles. The molecule has 1 aromatic rings. The predicted molar refractivity (Wildman–Crippen MR) is 100.0 cm³/mol. The average molecular weight is 340 g/mol. The zero-order valence-electron chi connectivity index (χ0n) is 16.0. The molecule has 0 spiro atoms. The second kappa shape index (κ2) is 7.94. The Morgan fingerprint density at radius 3 is 1.65 bits per heavy atom. The minimum Gasteiger partial charge on any atom is -0.311 e. The molecular weight excluding hydrogens is 307 g/mol. The molecule has 0 amide bonds. The first-order valence-corrected chi connectivity index (χ1v) is 9.61. The summed E-state index contributed by atoms with van der Waals surface area (Å²) < 4.78 is 19.5. The van der Waals surface area contributed by atoms with Crippen LogP contribution in [0.4, 0.5) is 5.69 Å². The highest BCUT2D eigenvalue weighted by Gasteiger charge is 2.30. The van der Waals surface area contributed by atoms with Crippen molar-refractivity contribution in [3.05, 3.63) is 30.3 Å². The fourth-order valence-corrected chi connectivity index (χ4v) is 3.98. The lowest BCUT2D eigenvalue weighted by Crippen LogP contribution is -2.23. The Labute approximate surface area is 142 Å². The first-order chi connectivity index (χ1) is 10.4. The van der Waals surface area contributed by atoms with E-state index in [0.717, 1.165) is 5.69 Å². The summed E-state index contributed by atoms with van der Waals surface area (Å²) in [6, 6.07) is 9.92. The minimum atomic E-state index is -2.52. The molecular formula is C18H33N2O2P. The third-order valence-corrected chi connectivity index (χ3v) is 5.26. The second-order valence-corrected chi connectivity index (χ2v) is 10.9. The molecule has 0 unspecified atom stereocenters. The van der Waals surface area contributed by atoms with Gasteiger partial charge in [-0.2, -0.15) is 0 Å². The van der Waals surface area contributed by atoms with Crippen molar-refractivity contribution < 1.29 is 9.05 Å². The highest BCUT2D eigenvalue weighted by molar-refractivity contribution is 7.54. The van der Waals surface area contributed by atoms with Crippen LogP contribution in [0.1, 0.15) is 41.5 Å². The SMILES string of the molecule is CN(C)P(=Nc1ccccc1)(OCC(C)(C)C)OCC(C)(C)C. The fourth-order valence-electron chi connectivity index (χ4n) is 1.61. The maximum absolute atomic E-state index is 6.30. The van der Waals surface area contributed by atoms with Gasteiger partial charge in [-0.15, -0.1) is 0 Å². The van der Waals surface area contributed by atoms with Gasteiger partial charge in [0.05, 0.1) is 18.9 Å². The van der Waals surface area contributed by atoms with E-state index in [1.54, 1.807) is 0 Å². The normalized spacial score (nSPS) is 13.4. The fraction of sp³-hybridized carbons (Fsp3) is 0.667. The maximum atomic E-state index is 6.30. The van der Waals surface area contributed by atoms with Crippen LogP contribution in [0.3, 0.4) is 0 Å². The Balaban J connectivity index is 3.21. The largest absolute Gasteiger partial charge is 0.311 e. The number of hydrogen-bond donors (Lipinski definition) is 0. The van der Waals surface area contributed by atoms with E-state index in [-0.39, 0.29) is 10.8 Å². The van der Waals surface area contributed by atoms with E-state index in [0.29, 0.717) is 13.2 Å². The monoisotopic (exact) mass is 340 g/mol. The molecule has 23 heavy (non-hydrogen) atoms. The molecule has 0 atom stereocenters. The Kier molecular flexibility index (Phi) is 7.03. The Bertz CT molecular complexity index is 506. The highest BCUT2D eigenvalue weighted by Crippen LogP contribution is 2.57. The van der Waals surface area contributed by atoms with Crippen LogP contribution in [-0.4, -0.2) is 32.0 Å². The van der Waals surface area contributed by atoms with Crippen molar-refractivity contribution in [2.24, 2.45) is 15.6 Å². The molecule has 0 N–H and O–H groups in total. The van der Waals surface area contributed by atoms with E-state index in [2.05, 4.69) is 41.5 Å². The van der Waals surface area contributed by atoms with E-state index < -0.39 is 7.66 Å². The average Bonchev–Trinajstić information content (AvgIpc) is 2.41. The number of nitrogens with zero attached hydrogens (tertiary/aromatic N) is 2. The molecule has 4 nitrogen and oxygen atoms in total. The lowest BCUT2D eigenvalue weighted by atomic mass is 9.99. The number of hydrogen-bond acceptors (Lipinski definition) is 3. The van der Waals surface area contributed by atoms with E-state index >= 15 is 0 Å². The Morgan fingerprint density at radius 2 is 1.30 bits per heavy atom. The van der Waals surface area contributed by atoms with Crippen LogP contribution in [0.5, 0.6) is 0 Å². The molecule has 0 aromatic heterocycles. The standard InChI is InChI=1S/C18H33N2O2P/c1-17(2,3)14-21-23(20(7)8,22-15-18(4,5)6)19-16-12-10-9-11-13-16/h9-13H,14-15H2,1-8H3. The van der Waals surface area contributed by atoms with Crippen molar-refractivity contribution >= 4 is 13.3 Å². The van der Waals surface area contributed by atoms with Crippen LogP contribution >= 0.6 is 7.66 Å². The molecule has 0 saturated carbocycles. The minimum absolute atomic E-state index is 0.0541. The third-order valence-electron chi connectivity index (χ3n) is 2.83. The van der Waals surface area contributed by atoms with Gasteiger partial charge in [-0.3, -0.25) is 0 Å². The lowest BCUT2D eigenvalue weighted by molar-refractivity contribution is 0.125. The van der Waals surface area contributed by atoms with Crippen LogP contribution < -0.4 is 0 Å². The summed E-state index contributed by atoms with van der Waals surface area (Å²) in [7, 11) is 1.43. The molecule has 0 bridgehead atoms. The highest BCUT2D eigenvalue weighted by atomic mass is 31.2. The van der Waals surface area contributed by atoms with Gasteiger partial charge in [0.1, 0.15) is 0 Å². The van der Waals surface area contributed by atoms with Gasteiger partial charge in [0.15, 0.2) is 0 Å². The zero-order valence-corrected chi connectivity index (χ0v) is 16.9. The predicted octanol–water partition coefficient (Wildman–Crippen LogP) is 5.95. The molecule has 0 fully saturated rings. The quantitative estimate of drug-likeness (QED) is 0.600. The molecule has 1 aromatic carbocycles. The molecule has 132 valence electrons. The first kappa shape index (κ1) is 20.4. The molecule has 0 aliphatic heterocycles. The molecule has 0 heterocycles. The van der Waals surface area contributed by atoms with Crippen LogP contribution in [-0.2, 0) is 9.05 Å². The number of benzene rings is 1. The van der Waals surface area contributed by atoms with Crippen LogP contribution in [0, 0.1) is 10.8 Å². The van der Waals surface area contributed by atoms with E-state index in [9.17, 15) is 0 Å². The van der Waals surface area contributed by atoms with Gasteiger partial charge in [-0.1, -0.05) is 59.7 Å². The van der Waals surface area contributed by atoms with Crippen molar-refractivity contribution in [3.63, 3.8) is 0 Å². The van der Waals surface area contributed by atoms with Gasteiger partial charge >= 0.3 is 0 Å². The van der Waals surface area contributed by atoms with E-state index in [1.807, 2.05) is 49.1 Å². The first-order valence-electron chi connectivity index (χ1n) is 8.08. The number of rotatable bonds is 6. The molecule has 0 aliphatic rings. The van der Waals surface area contributed by atoms with Crippen molar-refractivity contribution in [2.45, 2.75) is 41.5 Å². The third kappa shape index (κ3) is 7.63. The molecule has 0 saturated heterocycles. The zero-order chi connectivity index (χ0) is 17.7. The Morgan fingerprint density at radius 1 is 0.870 bits per heavy atom. The van der Waals surface area contributed by atoms with Gasteiger partial charge in [0.25, 0.3) is 7.66 Å². The summed E-state index contributed by atoms with van der Waals surface area (Å²) in [6.07, 6.45) is 0. The van der Waals surface area contributed by atoms with Gasteiger partial charge in [-0.05, 0) is 37.1 Å². The van der Waals surface area contributed by atoms with Crippen molar-refractivity contribution in [1.82, 2.24) is 4.67 Å². The van der Waals surface area contributed by atoms with Crippen molar-refractivity contribution in [2.75, 3.05) is 27.3 Å². The van der Waals surface area contributed by atoms with Gasteiger partial charge < -0.3 is 9.05 Å². The van der Waals surface area contributed by atoms with Crippen molar-refractivity contribution in [1.29, 1.82) is 0 Å². The Hall–Kier alpha value is -0.670. The summed E-state index contributed by atoms with van der Waals surface area (Å²) in [6.45, 7) is 14.1. The van der Waals surface area contributed by atoms with Crippen LogP contribution in [0.25, 0.3) is 0 Å². The van der Waals surface area contributed by atoms with Gasteiger partial charge in [-0.25, -0.2) is 9.42 Å². The molecule has 0 radical (unpaired) electrons. The smallest absolute Gasteiger partial charge is 0.294 e. The summed E-state index contributed by atoms with van der Waals surface area (Å²) in [5.74, 6) is 0. The van der Waals surface area contributed by atoms with E-state index in [4.69, 9.17) is 13.8 Å². The summed E-state index contributed by atoms with van der Waals surface area (Å²) in [4.78, 5) is 0. The summed E-state index contributed by atoms with van der Waals surface area (Å²) in [5, 5.41) is 0. The second-order valence-electron chi connectivity index (χ2n) is 8.44.